The van der Waals surface area contributed by atoms with E-state index in [1.54, 1.807) is 0 Å². The number of rotatable bonds is 7. The predicted molar refractivity (Wildman–Crippen MR) is 75.7 cm³/mol. The van der Waals surface area contributed by atoms with E-state index in [1.165, 1.54) is 25.7 Å². The Kier molecular flexibility index (Phi) is 6.61. The second-order valence-corrected chi connectivity index (χ2v) is 6.52. The fraction of sp³-hybridized carbons (Fsp3) is 1.00. The zero-order valence-corrected chi connectivity index (χ0v) is 12.6. The number of aliphatic hydroxyl groups is 1. The molecule has 0 amide bonds. The van der Waals surface area contributed by atoms with Gasteiger partial charge in [0.2, 0.25) is 0 Å². The van der Waals surface area contributed by atoms with Crippen LogP contribution in [0.15, 0.2) is 0 Å². The molecule has 0 aliphatic heterocycles. The Morgan fingerprint density at radius 1 is 1.44 bits per heavy atom. The Bertz CT molecular complexity index is 233. The molecule has 0 aromatic heterocycles. The first kappa shape index (κ1) is 15.9. The van der Waals surface area contributed by atoms with E-state index in [1.807, 2.05) is 0 Å². The third-order valence-corrected chi connectivity index (χ3v) is 4.05. The predicted octanol–water partition coefficient (Wildman–Crippen LogP) is 2.53. The van der Waals surface area contributed by atoms with Crippen LogP contribution in [0.1, 0.15) is 46.5 Å². The highest BCUT2D eigenvalue weighted by Gasteiger charge is 2.35. The zero-order valence-electron chi connectivity index (χ0n) is 12.6. The summed E-state index contributed by atoms with van der Waals surface area (Å²) in [4.78, 5) is 2.32. The Morgan fingerprint density at radius 2 is 2.17 bits per heavy atom. The van der Waals surface area contributed by atoms with Crippen LogP contribution in [0.4, 0.5) is 0 Å². The van der Waals surface area contributed by atoms with Crippen molar-refractivity contribution in [2.24, 2.45) is 11.3 Å². The second kappa shape index (κ2) is 7.46. The molecule has 18 heavy (non-hydrogen) atoms. The number of likely N-dealkylation sites (N-methyl/N-ethyl adjacent to an activating group) is 1. The van der Waals surface area contributed by atoms with E-state index in [4.69, 9.17) is 4.74 Å². The summed E-state index contributed by atoms with van der Waals surface area (Å²) in [6.45, 7) is 9.50. The Hall–Kier alpha value is -0.120. The highest BCUT2D eigenvalue weighted by Crippen LogP contribution is 2.39. The van der Waals surface area contributed by atoms with Crippen LogP contribution in [0.25, 0.3) is 0 Å². The van der Waals surface area contributed by atoms with Gasteiger partial charge in [-0.05, 0) is 39.7 Å². The van der Waals surface area contributed by atoms with Crippen molar-refractivity contribution < 1.29 is 9.84 Å². The standard InChI is InChI=1S/C15H31NO2/c1-13(2)18-9-8-16(4)11-15(12-17)7-5-6-14(3)10-15/h13-14,17H,5-12H2,1-4H3. The van der Waals surface area contributed by atoms with Crippen LogP contribution in [-0.4, -0.2) is 49.5 Å². The van der Waals surface area contributed by atoms with Gasteiger partial charge in [0.05, 0.1) is 12.7 Å². The molecule has 3 heteroatoms. The molecule has 1 aliphatic carbocycles. The van der Waals surface area contributed by atoms with Gasteiger partial charge < -0.3 is 14.7 Å². The van der Waals surface area contributed by atoms with Gasteiger partial charge in [-0.15, -0.1) is 0 Å². The van der Waals surface area contributed by atoms with Gasteiger partial charge in [0, 0.05) is 25.1 Å². The van der Waals surface area contributed by atoms with E-state index >= 15 is 0 Å². The first-order valence-corrected chi connectivity index (χ1v) is 7.38. The van der Waals surface area contributed by atoms with Crippen LogP contribution in [0.2, 0.25) is 0 Å². The number of hydrogen-bond donors (Lipinski definition) is 1. The summed E-state index contributed by atoms with van der Waals surface area (Å²) < 4.78 is 5.59. The molecule has 1 rings (SSSR count). The highest BCUT2D eigenvalue weighted by molar-refractivity contribution is 4.87. The van der Waals surface area contributed by atoms with Crippen molar-refractivity contribution in [3.8, 4) is 0 Å². The van der Waals surface area contributed by atoms with Crippen molar-refractivity contribution in [3.63, 3.8) is 0 Å². The minimum Gasteiger partial charge on any atom is -0.396 e. The van der Waals surface area contributed by atoms with Crippen LogP contribution in [0.5, 0.6) is 0 Å². The summed E-state index contributed by atoms with van der Waals surface area (Å²) in [6, 6.07) is 0. The summed E-state index contributed by atoms with van der Waals surface area (Å²) in [5.41, 5.74) is 0.129. The lowest BCUT2D eigenvalue weighted by Gasteiger charge is -2.41. The molecule has 0 heterocycles. The molecule has 108 valence electrons. The van der Waals surface area contributed by atoms with Crippen LogP contribution in [0.3, 0.4) is 0 Å². The van der Waals surface area contributed by atoms with E-state index < -0.39 is 0 Å². The number of ether oxygens (including phenoxy) is 1. The van der Waals surface area contributed by atoms with Gasteiger partial charge in [-0.1, -0.05) is 19.8 Å². The molecule has 0 bridgehead atoms. The van der Waals surface area contributed by atoms with Gasteiger partial charge in [-0.3, -0.25) is 0 Å². The normalized spacial score (nSPS) is 29.2. The van der Waals surface area contributed by atoms with Crippen LogP contribution < -0.4 is 0 Å². The quantitative estimate of drug-likeness (QED) is 0.761. The molecule has 1 aliphatic rings. The maximum absolute atomic E-state index is 9.76. The summed E-state index contributed by atoms with van der Waals surface area (Å²) in [6.07, 6.45) is 5.22. The fourth-order valence-corrected chi connectivity index (χ4v) is 3.20. The molecule has 2 atom stereocenters. The lowest BCUT2D eigenvalue weighted by molar-refractivity contribution is 0.0143. The molecule has 0 radical (unpaired) electrons. The molecule has 1 saturated carbocycles. The third kappa shape index (κ3) is 5.25. The van der Waals surface area contributed by atoms with Gasteiger partial charge in [-0.25, -0.2) is 0 Å². The summed E-state index contributed by atoms with van der Waals surface area (Å²) >= 11 is 0. The molecule has 0 spiro atoms. The van der Waals surface area contributed by atoms with Crippen molar-refractivity contribution >= 4 is 0 Å². The van der Waals surface area contributed by atoms with Crippen molar-refractivity contribution in [1.29, 1.82) is 0 Å². The highest BCUT2D eigenvalue weighted by atomic mass is 16.5. The largest absolute Gasteiger partial charge is 0.396 e. The lowest BCUT2D eigenvalue weighted by Crippen LogP contribution is -2.42. The average molecular weight is 257 g/mol. The van der Waals surface area contributed by atoms with Gasteiger partial charge in [0.15, 0.2) is 0 Å². The average Bonchev–Trinajstić information content (AvgIpc) is 2.28. The molecule has 2 unspecified atom stereocenters. The molecule has 0 saturated heterocycles. The van der Waals surface area contributed by atoms with E-state index in [-0.39, 0.29) is 5.41 Å². The molecule has 0 aromatic rings. The SMILES string of the molecule is CC1CCCC(CO)(CN(C)CCOC(C)C)C1. The van der Waals surface area contributed by atoms with Crippen molar-refractivity contribution in [2.75, 3.05) is 33.4 Å². The van der Waals surface area contributed by atoms with Crippen LogP contribution in [0, 0.1) is 11.3 Å². The van der Waals surface area contributed by atoms with E-state index in [0.717, 1.165) is 25.6 Å². The molecular weight excluding hydrogens is 226 g/mol. The fourth-order valence-electron chi connectivity index (χ4n) is 3.20. The maximum atomic E-state index is 9.76. The summed E-state index contributed by atoms with van der Waals surface area (Å²) in [5, 5.41) is 9.76. The lowest BCUT2D eigenvalue weighted by atomic mass is 9.70. The van der Waals surface area contributed by atoms with Crippen LogP contribution in [-0.2, 0) is 4.74 Å². The Labute approximate surface area is 113 Å². The number of aliphatic hydroxyl groups excluding tert-OH is 1. The Morgan fingerprint density at radius 3 is 2.72 bits per heavy atom. The van der Waals surface area contributed by atoms with Gasteiger partial charge in [-0.2, -0.15) is 0 Å². The van der Waals surface area contributed by atoms with Crippen molar-refractivity contribution in [1.82, 2.24) is 4.90 Å². The molecular formula is C15H31NO2. The van der Waals surface area contributed by atoms with Crippen LogP contribution >= 0.6 is 0 Å². The van der Waals surface area contributed by atoms with Crippen molar-refractivity contribution in [2.45, 2.75) is 52.6 Å². The van der Waals surface area contributed by atoms with E-state index in [2.05, 4.69) is 32.7 Å². The van der Waals surface area contributed by atoms with Gasteiger partial charge in [0.25, 0.3) is 0 Å². The first-order valence-electron chi connectivity index (χ1n) is 7.38. The topological polar surface area (TPSA) is 32.7 Å². The summed E-state index contributed by atoms with van der Waals surface area (Å²) in [7, 11) is 2.14. The first-order chi connectivity index (χ1) is 8.47. The number of hydrogen-bond acceptors (Lipinski definition) is 3. The Balaban J connectivity index is 2.37. The molecule has 3 nitrogen and oxygen atoms in total. The number of nitrogens with zero attached hydrogens (tertiary/aromatic N) is 1. The molecule has 0 aromatic carbocycles. The van der Waals surface area contributed by atoms with E-state index in [0.29, 0.717) is 12.7 Å². The molecule has 1 N–H and O–H groups in total. The third-order valence-electron chi connectivity index (χ3n) is 4.05. The minimum atomic E-state index is 0.129. The molecule has 1 fully saturated rings. The maximum Gasteiger partial charge on any atom is 0.0596 e. The zero-order chi connectivity index (χ0) is 13.6. The van der Waals surface area contributed by atoms with Crippen molar-refractivity contribution in [3.05, 3.63) is 0 Å². The smallest absolute Gasteiger partial charge is 0.0596 e. The second-order valence-electron chi connectivity index (χ2n) is 6.52. The monoisotopic (exact) mass is 257 g/mol. The van der Waals surface area contributed by atoms with E-state index in [9.17, 15) is 5.11 Å². The van der Waals surface area contributed by atoms with Gasteiger partial charge in [0.1, 0.15) is 0 Å². The van der Waals surface area contributed by atoms with Gasteiger partial charge >= 0.3 is 0 Å². The minimum absolute atomic E-state index is 0.129. The summed E-state index contributed by atoms with van der Waals surface area (Å²) in [5.74, 6) is 0.756.